The minimum atomic E-state index is -1.06. The van der Waals surface area contributed by atoms with Crippen LogP contribution in [0, 0.1) is 16.0 Å². The van der Waals surface area contributed by atoms with Crippen LogP contribution in [0.5, 0.6) is 0 Å². The van der Waals surface area contributed by atoms with Crippen LogP contribution in [-0.4, -0.2) is 23.3 Å². The number of nitrogens with zero attached hydrogens (tertiary/aromatic N) is 1. The normalized spacial score (nSPS) is 13.3. The highest BCUT2D eigenvalue weighted by Gasteiger charge is 2.35. The molecule has 6 nitrogen and oxygen atoms in total. The van der Waals surface area contributed by atoms with Gasteiger partial charge in [-0.05, 0) is 25.3 Å². The number of rotatable bonds is 6. The number of benzene rings is 2. The molecule has 0 heterocycles. The summed E-state index contributed by atoms with van der Waals surface area (Å²) < 4.78 is 4.97. The first-order valence-corrected chi connectivity index (χ1v) is 7.71. The standard InChI is InChI=1S/C18H19NO5/c1-4-24-18(21)16(12(3)20)11(2)14-10-9-13-7-5-6-8-15(13)17(14)19(22)23/h5-11,16H,4H2,1-3H3. The minimum absolute atomic E-state index is 0.0730. The van der Waals surface area contributed by atoms with Gasteiger partial charge < -0.3 is 4.74 Å². The van der Waals surface area contributed by atoms with Gasteiger partial charge in [-0.25, -0.2) is 0 Å². The SMILES string of the molecule is CCOC(=O)C(C(C)=O)C(C)c1ccc2ccccc2c1[N+](=O)[O-]. The highest BCUT2D eigenvalue weighted by Crippen LogP contribution is 2.37. The van der Waals surface area contributed by atoms with E-state index in [1.807, 2.05) is 0 Å². The lowest BCUT2D eigenvalue weighted by Crippen LogP contribution is -2.29. The maximum Gasteiger partial charge on any atom is 0.317 e. The van der Waals surface area contributed by atoms with E-state index < -0.39 is 22.7 Å². The Morgan fingerprint density at radius 1 is 1.21 bits per heavy atom. The molecular formula is C18H19NO5. The predicted octanol–water partition coefficient (Wildman–Crippen LogP) is 3.62. The van der Waals surface area contributed by atoms with Gasteiger partial charge in [0.15, 0.2) is 0 Å². The van der Waals surface area contributed by atoms with E-state index in [-0.39, 0.29) is 18.1 Å². The van der Waals surface area contributed by atoms with Crippen molar-refractivity contribution in [1.29, 1.82) is 0 Å². The van der Waals surface area contributed by atoms with E-state index in [1.54, 1.807) is 50.2 Å². The molecule has 0 aliphatic carbocycles. The molecule has 0 saturated carbocycles. The maximum atomic E-state index is 12.1. The van der Waals surface area contributed by atoms with Crippen LogP contribution >= 0.6 is 0 Å². The Hall–Kier alpha value is -2.76. The summed E-state index contributed by atoms with van der Waals surface area (Å²) in [6.45, 7) is 4.73. The molecule has 2 atom stereocenters. The number of ketones is 1. The van der Waals surface area contributed by atoms with Crippen LogP contribution < -0.4 is 0 Å². The molecular weight excluding hydrogens is 310 g/mol. The number of ether oxygens (including phenoxy) is 1. The third-order valence-electron chi connectivity index (χ3n) is 4.08. The Morgan fingerprint density at radius 3 is 2.46 bits per heavy atom. The first-order valence-electron chi connectivity index (χ1n) is 7.71. The molecule has 0 aromatic heterocycles. The van der Waals surface area contributed by atoms with Crippen molar-refractivity contribution in [2.45, 2.75) is 26.7 Å². The Morgan fingerprint density at radius 2 is 1.88 bits per heavy atom. The summed E-state index contributed by atoms with van der Waals surface area (Å²) >= 11 is 0. The lowest BCUT2D eigenvalue weighted by molar-refractivity contribution is -0.383. The lowest BCUT2D eigenvalue weighted by Gasteiger charge is -2.20. The third-order valence-corrected chi connectivity index (χ3v) is 4.08. The number of nitro groups is 1. The van der Waals surface area contributed by atoms with Crippen molar-refractivity contribution in [2.24, 2.45) is 5.92 Å². The van der Waals surface area contributed by atoms with Gasteiger partial charge in [0.05, 0.1) is 16.9 Å². The van der Waals surface area contributed by atoms with Crippen LogP contribution in [0.1, 0.15) is 32.3 Å². The molecule has 2 aromatic carbocycles. The summed E-state index contributed by atoms with van der Waals surface area (Å²) in [4.78, 5) is 35.3. The third kappa shape index (κ3) is 3.27. The number of fused-ring (bicyclic) bond motifs is 1. The molecule has 0 spiro atoms. The van der Waals surface area contributed by atoms with Gasteiger partial charge in [0, 0.05) is 11.5 Å². The van der Waals surface area contributed by atoms with Crippen LogP contribution in [-0.2, 0) is 14.3 Å². The molecule has 2 rings (SSSR count). The Bertz CT molecular complexity index is 799. The smallest absolute Gasteiger partial charge is 0.317 e. The molecule has 126 valence electrons. The predicted molar refractivity (Wildman–Crippen MR) is 89.8 cm³/mol. The molecule has 2 aromatic rings. The van der Waals surface area contributed by atoms with E-state index in [1.165, 1.54) is 6.92 Å². The number of hydrogen-bond acceptors (Lipinski definition) is 5. The van der Waals surface area contributed by atoms with Gasteiger partial charge >= 0.3 is 5.97 Å². The second-order valence-electron chi connectivity index (χ2n) is 5.61. The topological polar surface area (TPSA) is 86.5 Å². The van der Waals surface area contributed by atoms with Gasteiger partial charge in [0.2, 0.25) is 0 Å². The lowest BCUT2D eigenvalue weighted by atomic mass is 9.83. The number of hydrogen-bond donors (Lipinski definition) is 0. The number of carbonyl (C=O) groups excluding carboxylic acids is 2. The highest BCUT2D eigenvalue weighted by molar-refractivity contribution is 5.99. The van der Waals surface area contributed by atoms with E-state index in [2.05, 4.69) is 0 Å². The van der Waals surface area contributed by atoms with Gasteiger partial charge in [0.25, 0.3) is 5.69 Å². The molecule has 0 radical (unpaired) electrons. The van der Waals surface area contributed by atoms with E-state index in [4.69, 9.17) is 4.74 Å². The number of esters is 1. The minimum Gasteiger partial charge on any atom is -0.465 e. The molecule has 0 N–H and O–H groups in total. The summed E-state index contributed by atoms with van der Waals surface area (Å²) in [5, 5.41) is 12.8. The summed E-state index contributed by atoms with van der Waals surface area (Å²) in [6, 6.07) is 10.3. The van der Waals surface area contributed by atoms with E-state index in [9.17, 15) is 19.7 Å². The van der Waals surface area contributed by atoms with Gasteiger partial charge in [-0.15, -0.1) is 0 Å². The number of carbonyl (C=O) groups is 2. The van der Waals surface area contributed by atoms with Gasteiger partial charge in [-0.1, -0.05) is 37.3 Å². The molecule has 6 heteroatoms. The summed E-state index contributed by atoms with van der Waals surface area (Å²) in [6.07, 6.45) is 0. The molecule has 0 bridgehead atoms. The van der Waals surface area contributed by atoms with Crippen molar-refractivity contribution in [1.82, 2.24) is 0 Å². The number of nitro benzene ring substituents is 1. The first kappa shape index (κ1) is 17.6. The second-order valence-corrected chi connectivity index (χ2v) is 5.61. The highest BCUT2D eigenvalue weighted by atomic mass is 16.6. The van der Waals surface area contributed by atoms with Crippen molar-refractivity contribution < 1.29 is 19.2 Å². The fourth-order valence-electron chi connectivity index (χ4n) is 2.98. The van der Waals surface area contributed by atoms with Crippen molar-refractivity contribution >= 4 is 28.2 Å². The average molecular weight is 329 g/mol. The quantitative estimate of drug-likeness (QED) is 0.350. The molecule has 0 aliphatic rings. The van der Waals surface area contributed by atoms with Crippen molar-refractivity contribution in [2.75, 3.05) is 6.61 Å². The summed E-state index contributed by atoms with van der Waals surface area (Å²) in [7, 11) is 0. The largest absolute Gasteiger partial charge is 0.465 e. The molecule has 0 fully saturated rings. The zero-order chi connectivity index (χ0) is 17.9. The fraction of sp³-hybridized carbons (Fsp3) is 0.333. The van der Waals surface area contributed by atoms with Crippen LogP contribution in [0.2, 0.25) is 0 Å². The molecule has 0 amide bonds. The van der Waals surface area contributed by atoms with Crippen LogP contribution in [0.15, 0.2) is 36.4 Å². The van der Waals surface area contributed by atoms with Crippen LogP contribution in [0.3, 0.4) is 0 Å². The van der Waals surface area contributed by atoms with Gasteiger partial charge in [-0.2, -0.15) is 0 Å². The Kier molecular flexibility index (Phi) is 5.28. The maximum absolute atomic E-state index is 12.1. The van der Waals surface area contributed by atoms with Crippen molar-refractivity contribution in [3.05, 3.63) is 52.1 Å². The van der Waals surface area contributed by atoms with E-state index >= 15 is 0 Å². The summed E-state index contributed by atoms with van der Waals surface area (Å²) in [5.41, 5.74) is 0.281. The molecule has 0 aliphatic heterocycles. The molecule has 2 unspecified atom stereocenters. The number of Topliss-reactive ketones (excluding diaryl/α,β-unsaturated/α-hetero) is 1. The second kappa shape index (κ2) is 7.21. The van der Waals surface area contributed by atoms with Crippen molar-refractivity contribution in [3.63, 3.8) is 0 Å². The Labute approximate surface area is 139 Å². The fourth-order valence-corrected chi connectivity index (χ4v) is 2.98. The zero-order valence-electron chi connectivity index (χ0n) is 13.8. The molecule has 0 saturated heterocycles. The summed E-state index contributed by atoms with van der Waals surface area (Å²) in [5.74, 6) is -2.75. The van der Waals surface area contributed by atoms with Gasteiger partial charge in [0.1, 0.15) is 11.7 Å². The van der Waals surface area contributed by atoms with Crippen molar-refractivity contribution in [3.8, 4) is 0 Å². The van der Waals surface area contributed by atoms with Crippen LogP contribution in [0.4, 0.5) is 5.69 Å². The van der Waals surface area contributed by atoms with E-state index in [0.717, 1.165) is 5.39 Å². The molecule has 24 heavy (non-hydrogen) atoms. The van der Waals surface area contributed by atoms with Crippen LogP contribution in [0.25, 0.3) is 10.8 Å². The average Bonchev–Trinajstić information content (AvgIpc) is 2.53. The zero-order valence-corrected chi connectivity index (χ0v) is 13.8. The van der Waals surface area contributed by atoms with Gasteiger partial charge in [-0.3, -0.25) is 19.7 Å². The Balaban J connectivity index is 2.61. The first-order chi connectivity index (χ1) is 11.4. The monoisotopic (exact) mass is 329 g/mol. The van der Waals surface area contributed by atoms with E-state index in [0.29, 0.717) is 10.9 Å².